The Kier molecular flexibility index (Phi) is 2.25. The number of hydrogen-bond donors (Lipinski definition) is 1. The Morgan fingerprint density at radius 2 is 2.17 bits per heavy atom. The van der Waals surface area contributed by atoms with Crippen molar-refractivity contribution in [1.82, 2.24) is 4.91 Å². The third-order valence-electron chi connectivity index (χ3n) is 0.289. The summed E-state index contributed by atoms with van der Waals surface area (Å²) in [5.41, 5.74) is 6.19. The van der Waals surface area contributed by atoms with E-state index in [1.54, 1.807) is 0 Å². The van der Waals surface area contributed by atoms with Crippen molar-refractivity contribution >= 4 is 0 Å². The molecule has 6 heavy (non-hydrogen) atoms. The van der Waals surface area contributed by atoms with Gasteiger partial charge in [-0.25, -0.2) is 0 Å². The first kappa shape index (κ1) is 5.31. The van der Waals surface area contributed by atoms with Crippen LogP contribution in [0, 0.1) is 5.53 Å². The van der Waals surface area contributed by atoms with Gasteiger partial charge in [-0.2, -0.15) is 0 Å². The van der Waals surface area contributed by atoms with Crippen molar-refractivity contribution in [1.29, 1.82) is 5.53 Å². The van der Waals surface area contributed by atoms with E-state index in [4.69, 9.17) is 5.53 Å². The molecule has 0 bridgehead atoms. The molecule has 0 aromatic rings. The third-order valence-corrected chi connectivity index (χ3v) is 0.289. The zero-order valence-electron chi connectivity index (χ0n) is 3.97. The lowest BCUT2D eigenvalue weighted by Gasteiger charge is -1.71. The van der Waals surface area contributed by atoms with Gasteiger partial charge in [-0.1, -0.05) is 0 Å². The molecule has 0 aliphatic rings. The van der Waals surface area contributed by atoms with Crippen LogP contribution in [0.1, 0.15) is 13.8 Å². The fraction of sp³-hybridized carbons (Fsp3) is 1.00. The minimum Gasteiger partial charge on any atom is -0.0357 e. The van der Waals surface area contributed by atoms with Gasteiger partial charge in [0.25, 0.3) is 0 Å². The molecule has 0 saturated carbocycles. The Bertz CT molecular complexity index is 70.1. The van der Waals surface area contributed by atoms with E-state index in [0.29, 0.717) is 0 Å². The minimum atomic E-state index is 0.169. The van der Waals surface area contributed by atoms with Crippen molar-refractivity contribution in [2.45, 2.75) is 19.9 Å². The van der Waals surface area contributed by atoms with E-state index < -0.39 is 0 Å². The Morgan fingerprint density at radius 3 is 2.17 bits per heavy atom. The second-order valence-electron chi connectivity index (χ2n) is 1.31. The van der Waals surface area contributed by atoms with Crippen LogP contribution in [-0.4, -0.2) is 6.04 Å². The molecular weight excluding hydrogens is 78.1 g/mol. The quantitative estimate of drug-likeness (QED) is 0.365. The molecule has 0 heterocycles. The van der Waals surface area contributed by atoms with Gasteiger partial charge in [0.1, 0.15) is 16.7 Å². The second-order valence-corrected chi connectivity index (χ2v) is 1.31. The van der Waals surface area contributed by atoms with Crippen molar-refractivity contribution in [3.8, 4) is 0 Å². The van der Waals surface area contributed by atoms with E-state index in [-0.39, 0.29) is 6.04 Å². The molecule has 3 heteroatoms. The summed E-state index contributed by atoms with van der Waals surface area (Å²) < 4.78 is 0. The van der Waals surface area contributed by atoms with Crippen molar-refractivity contribution in [2.75, 3.05) is 0 Å². The number of hydrogen-bond acceptors (Lipinski definition) is 2. The van der Waals surface area contributed by atoms with Crippen molar-refractivity contribution in [2.24, 2.45) is 5.11 Å². The Labute approximate surface area is 36.6 Å². The summed E-state index contributed by atoms with van der Waals surface area (Å²) in [6, 6.07) is 0.169. The first-order chi connectivity index (χ1) is 2.77. The standard InChI is InChI=1S/C3H8N3/c1-3(2)5-6-4/h3-4H,1-2H3/q+1. The van der Waals surface area contributed by atoms with Gasteiger partial charge in [-0.15, -0.1) is 0 Å². The molecule has 0 amide bonds. The lowest BCUT2D eigenvalue weighted by atomic mass is 10.4. The van der Waals surface area contributed by atoms with Crippen LogP contribution in [0.2, 0.25) is 0 Å². The minimum absolute atomic E-state index is 0.169. The summed E-state index contributed by atoms with van der Waals surface area (Å²) in [4.78, 5) is 2.81. The maximum Gasteiger partial charge on any atom is 0.214 e. The van der Waals surface area contributed by atoms with Crippen LogP contribution in [0.5, 0.6) is 0 Å². The van der Waals surface area contributed by atoms with Crippen LogP contribution >= 0.6 is 0 Å². The van der Waals surface area contributed by atoms with Crippen LogP contribution in [0.4, 0.5) is 0 Å². The molecule has 1 N–H and O–H groups in total. The summed E-state index contributed by atoms with van der Waals surface area (Å²) in [6.45, 7) is 3.75. The first-order valence-electron chi connectivity index (χ1n) is 1.84. The molecule has 3 nitrogen and oxygen atoms in total. The van der Waals surface area contributed by atoms with Gasteiger partial charge in [0.15, 0.2) is 0 Å². The lowest BCUT2D eigenvalue weighted by molar-refractivity contribution is 0.733. The number of nitrogens with one attached hydrogen (secondary N) is 1. The third kappa shape index (κ3) is 3.31. The maximum absolute atomic E-state index is 6.19. The summed E-state index contributed by atoms with van der Waals surface area (Å²) in [5.74, 6) is 0. The van der Waals surface area contributed by atoms with Crippen molar-refractivity contribution < 1.29 is 0 Å². The summed E-state index contributed by atoms with van der Waals surface area (Å²) in [5, 5.41) is 3.42. The molecular formula is C3H8N3+. The van der Waals surface area contributed by atoms with E-state index in [2.05, 4.69) is 10.0 Å². The van der Waals surface area contributed by atoms with Crippen LogP contribution < -0.4 is 4.91 Å². The van der Waals surface area contributed by atoms with E-state index in [1.807, 2.05) is 13.8 Å². The largest absolute Gasteiger partial charge is 0.214 e. The maximum atomic E-state index is 6.19. The molecule has 0 saturated heterocycles. The normalized spacial score (nSPS) is 7.83. The molecule has 0 aromatic carbocycles. The van der Waals surface area contributed by atoms with Gasteiger partial charge in [-0.05, 0) is 13.8 Å². The fourth-order valence-electron chi connectivity index (χ4n) is 0.115. The molecule has 0 radical (unpaired) electrons. The van der Waals surface area contributed by atoms with Gasteiger partial charge in [0.2, 0.25) is 4.91 Å². The smallest absolute Gasteiger partial charge is 0.0357 e. The predicted octanol–water partition coefficient (Wildman–Crippen LogP) is 0.945. The van der Waals surface area contributed by atoms with Gasteiger partial charge >= 0.3 is 0 Å². The number of nitrogens with zero attached hydrogens (tertiary/aromatic N) is 2. The molecule has 0 fully saturated rings. The highest BCUT2D eigenvalue weighted by atomic mass is 15.1. The fourth-order valence-corrected chi connectivity index (χ4v) is 0.115. The summed E-state index contributed by atoms with van der Waals surface area (Å²) in [6.07, 6.45) is 0. The van der Waals surface area contributed by atoms with Crippen molar-refractivity contribution in [3.63, 3.8) is 0 Å². The van der Waals surface area contributed by atoms with Crippen LogP contribution in [0.25, 0.3) is 0 Å². The molecule has 0 aliphatic heterocycles. The molecule has 0 spiro atoms. The van der Waals surface area contributed by atoms with Gasteiger partial charge < -0.3 is 0 Å². The van der Waals surface area contributed by atoms with Crippen LogP contribution in [0.3, 0.4) is 0 Å². The van der Waals surface area contributed by atoms with E-state index in [9.17, 15) is 0 Å². The summed E-state index contributed by atoms with van der Waals surface area (Å²) in [7, 11) is 0. The van der Waals surface area contributed by atoms with E-state index in [0.717, 1.165) is 0 Å². The molecule has 34 valence electrons. The second kappa shape index (κ2) is 2.54. The van der Waals surface area contributed by atoms with E-state index in [1.165, 1.54) is 0 Å². The molecule has 0 atom stereocenters. The van der Waals surface area contributed by atoms with Gasteiger partial charge in [-0.3, -0.25) is 0 Å². The Morgan fingerprint density at radius 1 is 1.67 bits per heavy atom. The van der Waals surface area contributed by atoms with Crippen LogP contribution in [0.15, 0.2) is 5.11 Å². The van der Waals surface area contributed by atoms with Crippen LogP contribution in [-0.2, 0) is 0 Å². The van der Waals surface area contributed by atoms with Gasteiger partial charge in [0.05, 0.1) is 0 Å². The SMILES string of the molecule is CC(C)N=[N+]=N. The highest BCUT2D eigenvalue weighted by Gasteiger charge is 1.88. The zero-order valence-corrected chi connectivity index (χ0v) is 3.97. The molecule has 0 aromatic heterocycles. The lowest BCUT2D eigenvalue weighted by Crippen LogP contribution is -1.84. The monoisotopic (exact) mass is 86.1 g/mol. The highest BCUT2D eigenvalue weighted by molar-refractivity contribution is 4.38. The molecule has 0 aliphatic carbocycles. The zero-order chi connectivity index (χ0) is 4.99. The predicted molar refractivity (Wildman–Crippen MR) is 22.4 cm³/mol. The highest BCUT2D eigenvalue weighted by Crippen LogP contribution is 1.77. The first-order valence-corrected chi connectivity index (χ1v) is 1.84. The average Bonchev–Trinajstić information content (AvgIpc) is 1.35. The van der Waals surface area contributed by atoms with Gasteiger partial charge in [0, 0.05) is 0 Å². The molecule has 0 unspecified atom stereocenters. The molecule has 0 rings (SSSR count). The van der Waals surface area contributed by atoms with Crippen molar-refractivity contribution in [3.05, 3.63) is 0 Å². The topological polar surface area (TPSA) is 50.3 Å². The summed E-state index contributed by atoms with van der Waals surface area (Å²) >= 11 is 0. The number of rotatable bonds is 1. The van der Waals surface area contributed by atoms with E-state index >= 15 is 0 Å². The Balaban J connectivity index is 3.29. The average molecular weight is 86.1 g/mol. The Hall–Kier alpha value is -0.690.